The number of carbonyl (C=O) groups excluding carboxylic acids is 2. The molecule has 0 aromatic heterocycles. The normalized spacial score (nSPS) is 12.3. The highest BCUT2D eigenvalue weighted by Gasteiger charge is 2.24. The molecule has 0 saturated carbocycles. The van der Waals surface area contributed by atoms with Gasteiger partial charge in [0.25, 0.3) is 5.91 Å². The van der Waals surface area contributed by atoms with Crippen LogP contribution in [0, 0.1) is 6.92 Å². The molecule has 2 aromatic carbocycles. The van der Waals surface area contributed by atoms with Gasteiger partial charge in [0.2, 0.25) is 10.0 Å². The summed E-state index contributed by atoms with van der Waals surface area (Å²) in [5.41, 5.74) is 1.44. The van der Waals surface area contributed by atoms with Gasteiger partial charge >= 0.3 is 5.97 Å². The van der Waals surface area contributed by atoms with Crippen molar-refractivity contribution in [3.8, 4) is 5.75 Å². The van der Waals surface area contributed by atoms with Crippen LogP contribution in [0.4, 0.5) is 0 Å². The Morgan fingerprint density at radius 1 is 1.09 bits per heavy atom. The van der Waals surface area contributed by atoms with Gasteiger partial charge in [-0.1, -0.05) is 38.1 Å². The van der Waals surface area contributed by atoms with E-state index in [2.05, 4.69) is 5.32 Å². The molecule has 1 unspecified atom stereocenters. The minimum absolute atomic E-state index is 0.00740. The van der Waals surface area contributed by atoms with Gasteiger partial charge in [-0.2, -0.15) is 4.31 Å². The number of hydrogen-bond donors (Lipinski definition) is 1. The van der Waals surface area contributed by atoms with Crippen molar-refractivity contribution < 1.29 is 27.5 Å². The average Bonchev–Trinajstić information content (AvgIpc) is 2.78. The zero-order chi connectivity index (χ0) is 23.9. The van der Waals surface area contributed by atoms with Crippen LogP contribution in [0.1, 0.15) is 48.3 Å². The second-order valence-electron chi connectivity index (χ2n) is 7.17. The predicted octanol–water partition coefficient (Wildman–Crippen LogP) is 3.07. The largest absolute Gasteiger partial charge is 0.496 e. The summed E-state index contributed by atoms with van der Waals surface area (Å²) in [6, 6.07) is 11.2. The van der Waals surface area contributed by atoms with Crippen LogP contribution in [0.5, 0.6) is 5.75 Å². The molecule has 0 heterocycles. The van der Waals surface area contributed by atoms with Crippen LogP contribution in [-0.2, 0) is 19.6 Å². The number of sulfonamides is 1. The number of ether oxygens (including phenoxy) is 2. The Bertz CT molecular complexity index is 1060. The van der Waals surface area contributed by atoms with Crippen LogP contribution in [0.15, 0.2) is 47.4 Å². The number of aryl methyl sites for hydroxylation is 1. The van der Waals surface area contributed by atoms with Crippen molar-refractivity contribution in [2.75, 3.05) is 26.8 Å². The number of amides is 1. The van der Waals surface area contributed by atoms with Gasteiger partial charge in [-0.15, -0.1) is 0 Å². The van der Waals surface area contributed by atoms with E-state index in [1.807, 2.05) is 18.2 Å². The molecule has 32 heavy (non-hydrogen) atoms. The predicted molar refractivity (Wildman–Crippen MR) is 121 cm³/mol. The summed E-state index contributed by atoms with van der Waals surface area (Å²) in [4.78, 5) is 24.9. The highest BCUT2D eigenvalue weighted by Crippen LogP contribution is 2.24. The lowest BCUT2D eigenvalue weighted by Crippen LogP contribution is -2.32. The Morgan fingerprint density at radius 3 is 2.38 bits per heavy atom. The van der Waals surface area contributed by atoms with Gasteiger partial charge in [-0.05, 0) is 37.6 Å². The van der Waals surface area contributed by atoms with Gasteiger partial charge in [0.05, 0.1) is 23.6 Å². The van der Waals surface area contributed by atoms with Crippen molar-refractivity contribution >= 4 is 21.9 Å². The molecule has 0 aliphatic heterocycles. The molecule has 2 aromatic rings. The molecule has 9 heteroatoms. The number of nitrogens with one attached hydrogen (secondary N) is 1. The lowest BCUT2D eigenvalue weighted by Gasteiger charge is -2.19. The summed E-state index contributed by atoms with van der Waals surface area (Å²) >= 11 is 0. The van der Waals surface area contributed by atoms with E-state index in [0.29, 0.717) is 24.4 Å². The molecule has 2 rings (SSSR count). The first kappa shape index (κ1) is 25.4. The van der Waals surface area contributed by atoms with Crippen molar-refractivity contribution in [1.82, 2.24) is 9.62 Å². The molecule has 0 aliphatic carbocycles. The summed E-state index contributed by atoms with van der Waals surface area (Å²) in [5.74, 6) is -0.611. The number of hydrogen-bond acceptors (Lipinski definition) is 6. The number of esters is 1. The van der Waals surface area contributed by atoms with Crippen LogP contribution in [0.2, 0.25) is 0 Å². The van der Waals surface area contributed by atoms with Crippen molar-refractivity contribution in [3.05, 3.63) is 59.2 Å². The molecule has 174 valence electrons. The Balaban J connectivity index is 2.09. The summed E-state index contributed by atoms with van der Waals surface area (Å²) in [7, 11) is -2.18. The molecule has 1 N–H and O–H groups in total. The fourth-order valence-electron chi connectivity index (χ4n) is 3.29. The fraction of sp³-hybridized carbons (Fsp3) is 0.391. The molecule has 0 spiro atoms. The zero-order valence-electron chi connectivity index (χ0n) is 19.0. The molecular weight excluding hydrogens is 432 g/mol. The van der Waals surface area contributed by atoms with Crippen LogP contribution < -0.4 is 10.1 Å². The van der Waals surface area contributed by atoms with Crippen molar-refractivity contribution in [1.29, 1.82) is 0 Å². The first-order valence-corrected chi connectivity index (χ1v) is 11.8. The molecule has 8 nitrogen and oxygen atoms in total. The quantitative estimate of drug-likeness (QED) is 0.545. The topological polar surface area (TPSA) is 102 Å². The minimum Gasteiger partial charge on any atom is -0.496 e. The third-order valence-corrected chi connectivity index (χ3v) is 7.14. The van der Waals surface area contributed by atoms with E-state index in [1.54, 1.807) is 46.9 Å². The maximum atomic E-state index is 12.8. The van der Waals surface area contributed by atoms with Crippen LogP contribution in [0.3, 0.4) is 0 Å². The highest BCUT2D eigenvalue weighted by molar-refractivity contribution is 7.89. The number of rotatable bonds is 10. The molecule has 1 amide bonds. The monoisotopic (exact) mass is 462 g/mol. The first-order valence-electron chi connectivity index (χ1n) is 10.4. The number of carbonyl (C=O) groups is 2. The molecule has 0 bridgehead atoms. The Labute approximate surface area is 189 Å². The van der Waals surface area contributed by atoms with E-state index < -0.39 is 28.5 Å². The number of benzene rings is 2. The molecule has 0 fully saturated rings. The van der Waals surface area contributed by atoms with Gasteiger partial charge in [-0.3, -0.25) is 4.79 Å². The van der Waals surface area contributed by atoms with Crippen molar-refractivity contribution in [2.45, 2.75) is 38.6 Å². The lowest BCUT2D eigenvalue weighted by atomic mass is 10.1. The van der Waals surface area contributed by atoms with E-state index >= 15 is 0 Å². The Morgan fingerprint density at radius 2 is 1.75 bits per heavy atom. The van der Waals surface area contributed by atoms with Crippen LogP contribution >= 0.6 is 0 Å². The van der Waals surface area contributed by atoms with E-state index in [4.69, 9.17) is 9.47 Å². The van der Waals surface area contributed by atoms with Gasteiger partial charge in [-0.25, -0.2) is 13.2 Å². The standard InChI is InChI=1S/C23H30N2O6S/c1-6-25(7-2)32(28,29)18-13-12-16(3)20(14-18)23(27)31-15-22(26)24-17(4)19-10-8-9-11-21(19)30-5/h8-14,17H,6-7,15H2,1-5H3,(H,24,26). The third kappa shape index (κ3) is 5.86. The molecular formula is C23H30N2O6S. The summed E-state index contributed by atoms with van der Waals surface area (Å²) in [6.07, 6.45) is 0. The van der Waals surface area contributed by atoms with E-state index in [9.17, 15) is 18.0 Å². The molecule has 1 atom stereocenters. The number of para-hydroxylation sites is 1. The van der Waals surface area contributed by atoms with Gasteiger partial charge in [0.15, 0.2) is 6.61 Å². The van der Waals surface area contributed by atoms with Gasteiger partial charge < -0.3 is 14.8 Å². The molecule has 0 aliphatic rings. The van der Waals surface area contributed by atoms with Crippen LogP contribution in [-0.4, -0.2) is 51.4 Å². The van der Waals surface area contributed by atoms with E-state index in [0.717, 1.165) is 5.56 Å². The zero-order valence-corrected chi connectivity index (χ0v) is 19.9. The molecule has 0 saturated heterocycles. The number of nitrogens with zero attached hydrogens (tertiary/aromatic N) is 1. The second kappa shape index (κ2) is 11.1. The van der Waals surface area contributed by atoms with Crippen molar-refractivity contribution in [3.63, 3.8) is 0 Å². The summed E-state index contributed by atoms with van der Waals surface area (Å²) in [5, 5.41) is 2.76. The summed E-state index contributed by atoms with van der Waals surface area (Å²) in [6.45, 7) is 7.10. The first-order chi connectivity index (χ1) is 15.1. The lowest BCUT2D eigenvalue weighted by molar-refractivity contribution is -0.124. The Kier molecular flexibility index (Phi) is 8.80. The SMILES string of the molecule is CCN(CC)S(=O)(=O)c1ccc(C)c(C(=O)OCC(=O)NC(C)c2ccccc2OC)c1. The van der Waals surface area contributed by atoms with Gasteiger partial charge in [0.1, 0.15) is 5.75 Å². The maximum absolute atomic E-state index is 12.8. The fourth-order valence-corrected chi connectivity index (χ4v) is 4.77. The van der Waals surface area contributed by atoms with E-state index in [-0.39, 0.29) is 16.5 Å². The Hall–Kier alpha value is -2.91. The molecule has 0 radical (unpaired) electrons. The highest BCUT2D eigenvalue weighted by atomic mass is 32.2. The van der Waals surface area contributed by atoms with Crippen LogP contribution in [0.25, 0.3) is 0 Å². The van der Waals surface area contributed by atoms with E-state index in [1.165, 1.54) is 16.4 Å². The van der Waals surface area contributed by atoms with Gasteiger partial charge in [0, 0.05) is 18.7 Å². The minimum atomic E-state index is -3.72. The number of methoxy groups -OCH3 is 1. The second-order valence-corrected chi connectivity index (χ2v) is 9.11. The third-order valence-electron chi connectivity index (χ3n) is 5.09. The average molecular weight is 463 g/mol. The van der Waals surface area contributed by atoms with Crippen molar-refractivity contribution in [2.24, 2.45) is 0 Å². The smallest absolute Gasteiger partial charge is 0.338 e. The summed E-state index contributed by atoms with van der Waals surface area (Å²) < 4.78 is 37.3. The maximum Gasteiger partial charge on any atom is 0.338 e.